The molecular weight excluding hydrogens is 382 g/mol. The fourth-order valence-electron chi connectivity index (χ4n) is 2.43. The van der Waals surface area contributed by atoms with Gasteiger partial charge in [-0.3, -0.25) is 4.79 Å². The molecule has 1 unspecified atom stereocenters. The minimum atomic E-state index is -0.613. The van der Waals surface area contributed by atoms with Crippen LogP contribution in [-0.4, -0.2) is 30.6 Å². The summed E-state index contributed by atoms with van der Waals surface area (Å²) in [5.41, 5.74) is 1.17. The van der Waals surface area contributed by atoms with Crippen LogP contribution in [0.15, 0.2) is 58.1 Å². The van der Waals surface area contributed by atoms with Crippen LogP contribution in [0.25, 0.3) is 5.69 Å². The van der Waals surface area contributed by atoms with E-state index in [1.54, 1.807) is 56.5 Å². The predicted octanol–water partition coefficient (Wildman–Crippen LogP) is 2.16. The molecular formula is C19H19N3O5S. The van der Waals surface area contributed by atoms with Gasteiger partial charge < -0.3 is 24.4 Å². The van der Waals surface area contributed by atoms with Crippen molar-refractivity contribution in [2.45, 2.75) is 17.2 Å². The summed E-state index contributed by atoms with van der Waals surface area (Å²) < 4.78 is 16.5. The van der Waals surface area contributed by atoms with Crippen molar-refractivity contribution in [2.24, 2.45) is 0 Å². The molecule has 0 fully saturated rings. The maximum Gasteiger partial charge on any atom is 0.298 e. The van der Waals surface area contributed by atoms with E-state index in [9.17, 15) is 9.90 Å². The Labute approximate surface area is 166 Å². The third kappa shape index (κ3) is 4.20. The molecule has 0 radical (unpaired) electrons. The molecule has 0 aliphatic carbocycles. The van der Waals surface area contributed by atoms with Crippen molar-refractivity contribution in [1.29, 1.82) is 0 Å². The Balaban J connectivity index is 1.77. The second kappa shape index (κ2) is 8.66. The molecule has 3 rings (SSSR count). The molecule has 1 heterocycles. The largest absolute Gasteiger partial charge is 0.538 e. The van der Waals surface area contributed by atoms with Crippen LogP contribution in [0.2, 0.25) is 0 Å². The summed E-state index contributed by atoms with van der Waals surface area (Å²) in [5.74, 6) is 0.332. The van der Waals surface area contributed by atoms with Gasteiger partial charge in [0.1, 0.15) is 11.5 Å². The quantitative estimate of drug-likeness (QED) is 0.478. The summed E-state index contributed by atoms with van der Waals surface area (Å²) in [4.78, 5) is 12.6. The minimum absolute atomic E-state index is 0.202. The van der Waals surface area contributed by atoms with Crippen LogP contribution in [0.5, 0.6) is 17.4 Å². The van der Waals surface area contributed by atoms with Gasteiger partial charge in [-0.2, -0.15) is 0 Å². The maximum atomic E-state index is 12.6. The number of rotatable bonds is 7. The van der Waals surface area contributed by atoms with E-state index in [1.165, 1.54) is 11.8 Å². The zero-order chi connectivity index (χ0) is 20.1. The van der Waals surface area contributed by atoms with Gasteiger partial charge in [-0.25, -0.2) is 0 Å². The zero-order valence-corrected chi connectivity index (χ0v) is 16.4. The Bertz CT molecular complexity index is 958. The summed E-state index contributed by atoms with van der Waals surface area (Å²) in [6.45, 7) is 1.69. The number of para-hydroxylation sites is 2. The minimum Gasteiger partial charge on any atom is -0.538 e. The second-order valence-electron chi connectivity index (χ2n) is 5.72. The zero-order valence-electron chi connectivity index (χ0n) is 15.5. The van der Waals surface area contributed by atoms with Crippen molar-refractivity contribution in [3.8, 4) is 23.1 Å². The molecule has 1 aromatic heterocycles. The summed E-state index contributed by atoms with van der Waals surface area (Å²) in [7, 11) is 3.10. The normalized spacial score (nSPS) is 11.7. The highest BCUT2D eigenvalue weighted by Gasteiger charge is 2.27. The molecule has 0 aliphatic heterocycles. The van der Waals surface area contributed by atoms with E-state index in [1.807, 2.05) is 6.07 Å². The number of nitrogens with zero attached hydrogens (tertiary/aromatic N) is 2. The molecule has 1 N–H and O–H groups in total. The van der Waals surface area contributed by atoms with Crippen molar-refractivity contribution in [3.05, 3.63) is 48.5 Å². The van der Waals surface area contributed by atoms with E-state index in [0.717, 1.165) is 11.8 Å². The summed E-state index contributed by atoms with van der Waals surface area (Å²) in [5, 5.41) is 18.3. The molecule has 3 aromatic rings. The topological polar surface area (TPSA) is 101 Å². The molecule has 0 spiro atoms. The molecule has 1 atom stereocenters. The first-order valence-corrected chi connectivity index (χ1v) is 9.25. The fraction of sp³-hybridized carbons (Fsp3) is 0.211. The smallest absolute Gasteiger partial charge is 0.298 e. The highest BCUT2D eigenvalue weighted by Crippen LogP contribution is 2.29. The predicted molar refractivity (Wildman–Crippen MR) is 101 cm³/mol. The van der Waals surface area contributed by atoms with E-state index < -0.39 is 11.2 Å². The van der Waals surface area contributed by atoms with Crippen LogP contribution < -0.4 is 24.6 Å². The molecule has 0 bridgehead atoms. The van der Waals surface area contributed by atoms with Gasteiger partial charge in [0.15, 0.2) is 5.95 Å². The van der Waals surface area contributed by atoms with Crippen LogP contribution in [-0.2, 0) is 4.79 Å². The number of anilines is 1. The third-order valence-electron chi connectivity index (χ3n) is 3.91. The number of hydrogen-bond donors (Lipinski definition) is 1. The monoisotopic (exact) mass is 401 g/mol. The Morgan fingerprint density at radius 1 is 1.18 bits per heavy atom. The van der Waals surface area contributed by atoms with Gasteiger partial charge >= 0.3 is 0 Å². The Morgan fingerprint density at radius 2 is 1.89 bits per heavy atom. The van der Waals surface area contributed by atoms with Crippen LogP contribution in [0.4, 0.5) is 5.69 Å². The number of hydrogen-bond acceptors (Lipinski definition) is 7. The number of thioether (sulfide) groups is 1. The molecule has 0 saturated heterocycles. The average Bonchev–Trinajstić information content (AvgIpc) is 3.08. The van der Waals surface area contributed by atoms with Gasteiger partial charge in [0, 0.05) is 12.1 Å². The van der Waals surface area contributed by atoms with Crippen molar-refractivity contribution >= 4 is 23.4 Å². The number of amides is 1. The average molecular weight is 401 g/mol. The molecule has 0 saturated carbocycles. The third-order valence-corrected chi connectivity index (χ3v) is 5.04. The van der Waals surface area contributed by atoms with Crippen LogP contribution in [0.3, 0.4) is 0 Å². The van der Waals surface area contributed by atoms with Crippen LogP contribution in [0.1, 0.15) is 6.92 Å². The van der Waals surface area contributed by atoms with Gasteiger partial charge in [0.25, 0.3) is 5.03 Å². The molecule has 28 heavy (non-hydrogen) atoms. The molecule has 146 valence electrons. The summed E-state index contributed by atoms with van der Waals surface area (Å²) >= 11 is 1.06. The van der Waals surface area contributed by atoms with Gasteiger partial charge in [0.05, 0.1) is 30.4 Å². The lowest BCUT2D eigenvalue weighted by Gasteiger charge is -2.13. The number of carbonyl (C=O) groups excluding carboxylic acids is 1. The van der Waals surface area contributed by atoms with E-state index in [-0.39, 0.29) is 10.9 Å². The van der Waals surface area contributed by atoms with E-state index >= 15 is 0 Å². The van der Waals surface area contributed by atoms with E-state index in [0.29, 0.717) is 22.9 Å². The first-order chi connectivity index (χ1) is 13.5. The molecule has 1 amide bonds. The van der Waals surface area contributed by atoms with Gasteiger partial charge in [0.2, 0.25) is 11.6 Å². The van der Waals surface area contributed by atoms with Crippen LogP contribution in [0, 0.1) is 0 Å². The number of methoxy groups -OCH3 is 2. The number of nitrogens with one attached hydrogen (secondary N) is 1. The summed E-state index contributed by atoms with van der Waals surface area (Å²) in [6, 6.07) is 14.1. The SMILES string of the molecule is COc1ccc(-[n+]2noc([O-])c2SC(C)C(=O)Nc2ccccc2OC)cc1. The summed E-state index contributed by atoms with van der Waals surface area (Å²) in [6.07, 6.45) is 0. The molecule has 2 aromatic carbocycles. The number of ether oxygens (including phenoxy) is 2. The Kier molecular flexibility index (Phi) is 6.05. The first-order valence-electron chi connectivity index (χ1n) is 8.37. The van der Waals surface area contributed by atoms with Gasteiger partial charge in [-0.05, 0) is 47.6 Å². The number of aromatic nitrogens is 2. The Morgan fingerprint density at radius 3 is 2.57 bits per heavy atom. The van der Waals surface area contributed by atoms with Crippen LogP contribution >= 0.6 is 11.8 Å². The van der Waals surface area contributed by atoms with Crippen molar-refractivity contribution in [3.63, 3.8) is 0 Å². The van der Waals surface area contributed by atoms with Gasteiger partial charge in [-0.15, -0.1) is 0 Å². The lowest BCUT2D eigenvalue weighted by atomic mass is 10.3. The molecule has 9 heteroatoms. The van der Waals surface area contributed by atoms with Crippen molar-refractivity contribution < 1.29 is 28.6 Å². The highest BCUT2D eigenvalue weighted by atomic mass is 32.2. The van der Waals surface area contributed by atoms with E-state index in [2.05, 4.69) is 10.6 Å². The highest BCUT2D eigenvalue weighted by molar-refractivity contribution is 8.00. The van der Waals surface area contributed by atoms with Gasteiger partial charge in [-0.1, -0.05) is 12.1 Å². The fourth-order valence-corrected chi connectivity index (χ4v) is 3.30. The van der Waals surface area contributed by atoms with E-state index in [4.69, 9.17) is 14.0 Å². The molecule has 0 aliphatic rings. The molecule has 8 nitrogen and oxygen atoms in total. The standard InChI is InChI=1S/C19H19N3O5S/c1-12(17(23)20-15-6-4-5-7-16(15)26-3)28-18-19(24)27-21-22(18)13-8-10-14(25-2)11-9-13/h4-12H,1-3H3,(H-,20,21,23,24). The first kappa shape index (κ1) is 19.6. The lowest BCUT2D eigenvalue weighted by molar-refractivity contribution is -0.705. The second-order valence-corrected chi connectivity index (χ2v) is 7.05. The maximum absolute atomic E-state index is 12.6. The Hall–Kier alpha value is -3.20. The van der Waals surface area contributed by atoms with Crippen molar-refractivity contribution in [1.82, 2.24) is 5.27 Å². The lowest BCUT2D eigenvalue weighted by Crippen LogP contribution is -2.36. The van der Waals surface area contributed by atoms with Crippen molar-refractivity contribution in [2.75, 3.05) is 19.5 Å². The number of benzene rings is 2. The number of carbonyl (C=O) groups is 1.